The Kier molecular flexibility index (Phi) is 10.3. The smallest absolute Gasteiger partial charge is 0.330 e. The van der Waals surface area contributed by atoms with Gasteiger partial charge in [-0.15, -0.1) is 0 Å². The number of anilines is 1. The minimum absolute atomic E-state index is 0.0752. The number of carbonyl (C=O) groups is 3. The molecule has 4 atom stereocenters. The normalized spacial score (nSPS) is 19.7. The van der Waals surface area contributed by atoms with Gasteiger partial charge in [0.25, 0.3) is 0 Å². The highest BCUT2D eigenvalue weighted by molar-refractivity contribution is 8.22. The number of allylic oxidation sites excluding steroid dienone is 2. The SMILES string of the molecule is CPP(=O)(OO)C(F)(F)c1ccc(/C(C)=C/C(=O)C[C@H](C(=O)N2CCC[C@H]2C(=O)N2CCc3ccccc32)C(C)(C)C)cc1. The van der Waals surface area contributed by atoms with Crippen LogP contribution in [0.3, 0.4) is 0 Å². The van der Waals surface area contributed by atoms with Crippen molar-refractivity contribution in [3.05, 3.63) is 71.3 Å². The number of fused-ring (bicyclic) bond motifs is 1. The summed E-state index contributed by atoms with van der Waals surface area (Å²) in [5, 5.41) is 8.86. The van der Waals surface area contributed by atoms with Crippen molar-refractivity contribution in [2.45, 2.75) is 65.1 Å². The van der Waals surface area contributed by atoms with Crippen LogP contribution in [0.2, 0.25) is 0 Å². The summed E-state index contributed by atoms with van der Waals surface area (Å²) in [5.41, 5.74) is -2.02. The number of hydrogen-bond acceptors (Lipinski definition) is 6. The number of alkyl halides is 2. The Morgan fingerprint density at radius 3 is 2.39 bits per heavy atom. The molecule has 1 fully saturated rings. The Morgan fingerprint density at radius 1 is 1.11 bits per heavy atom. The van der Waals surface area contributed by atoms with Crippen LogP contribution >= 0.6 is 15.3 Å². The van der Waals surface area contributed by atoms with Gasteiger partial charge >= 0.3 is 12.7 Å². The van der Waals surface area contributed by atoms with E-state index in [1.807, 2.05) is 45.0 Å². The first-order valence-corrected chi connectivity index (χ1v) is 18.6. The van der Waals surface area contributed by atoms with Crippen molar-refractivity contribution in [3.8, 4) is 0 Å². The first-order chi connectivity index (χ1) is 20.6. The first-order valence-electron chi connectivity index (χ1n) is 14.7. The Hall–Kier alpha value is -2.77. The van der Waals surface area contributed by atoms with Gasteiger partial charge in [-0.3, -0.25) is 18.9 Å². The molecule has 1 N–H and O–H groups in total. The fraction of sp³-hybridized carbons (Fsp3) is 0.469. The van der Waals surface area contributed by atoms with Crippen molar-refractivity contribution < 1.29 is 37.7 Å². The number of benzene rings is 2. The number of amides is 2. The van der Waals surface area contributed by atoms with Gasteiger partial charge in [-0.1, -0.05) is 63.2 Å². The van der Waals surface area contributed by atoms with E-state index in [0.29, 0.717) is 37.1 Å². The molecule has 2 aliphatic rings. The van der Waals surface area contributed by atoms with E-state index in [2.05, 4.69) is 4.67 Å². The minimum atomic E-state index is -4.63. The van der Waals surface area contributed by atoms with Gasteiger partial charge in [0.15, 0.2) is 5.78 Å². The summed E-state index contributed by atoms with van der Waals surface area (Å²) in [4.78, 5) is 44.3. The summed E-state index contributed by atoms with van der Waals surface area (Å²) in [5.74, 6) is -1.29. The second kappa shape index (κ2) is 13.3. The van der Waals surface area contributed by atoms with E-state index in [4.69, 9.17) is 5.26 Å². The summed E-state index contributed by atoms with van der Waals surface area (Å²) in [6.45, 7) is 9.64. The molecule has 238 valence electrons. The molecule has 44 heavy (non-hydrogen) atoms. The van der Waals surface area contributed by atoms with Gasteiger partial charge in [0.1, 0.15) is 6.04 Å². The predicted molar refractivity (Wildman–Crippen MR) is 169 cm³/mol. The third kappa shape index (κ3) is 6.74. The molecule has 0 radical (unpaired) electrons. The molecule has 0 saturated carbocycles. The van der Waals surface area contributed by atoms with Crippen LogP contribution in [0, 0.1) is 11.3 Å². The van der Waals surface area contributed by atoms with Gasteiger partial charge in [-0.05, 0) is 75.4 Å². The molecule has 4 rings (SSSR count). The van der Waals surface area contributed by atoms with Crippen molar-refractivity contribution >= 4 is 44.2 Å². The highest BCUT2D eigenvalue weighted by atomic mass is 32.1. The maximum absolute atomic E-state index is 14.8. The van der Waals surface area contributed by atoms with Crippen molar-refractivity contribution in [1.29, 1.82) is 0 Å². The lowest BCUT2D eigenvalue weighted by molar-refractivity contribution is -0.145. The Morgan fingerprint density at radius 2 is 1.77 bits per heavy atom. The molecule has 0 spiro atoms. The fourth-order valence-electron chi connectivity index (χ4n) is 5.92. The van der Waals surface area contributed by atoms with E-state index in [0.717, 1.165) is 29.8 Å². The summed E-state index contributed by atoms with van der Waals surface area (Å²) in [6, 6.07) is 12.2. The van der Waals surface area contributed by atoms with Crippen LogP contribution in [0.15, 0.2) is 54.6 Å². The van der Waals surface area contributed by atoms with Gasteiger partial charge in [-0.25, -0.2) is 5.26 Å². The maximum Gasteiger partial charge on any atom is 0.352 e. The van der Waals surface area contributed by atoms with Gasteiger partial charge in [0.05, 0.1) is 5.92 Å². The number of nitrogens with zero attached hydrogens (tertiary/aromatic N) is 2. The van der Waals surface area contributed by atoms with Crippen LogP contribution in [-0.4, -0.2) is 53.6 Å². The molecule has 0 aromatic heterocycles. The van der Waals surface area contributed by atoms with Crippen LogP contribution in [0.5, 0.6) is 0 Å². The fourth-order valence-corrected chi connectivity index (χ4v) is 8.35. The zero-order chi connectivity index (χ0) is 32.4. The highest BCUT2D eigenvalue weighted by Gasteiger charge is 2.52. The van der Waals surface area contributed by atoms with Crippen molar-refractivity contribution in [3.63, 3.8) is 0 Å². The van der Waals surface area contributed by atoms with Crippen molar-refractivity contribution in [2.24, 2.45) is 11.3 Å². The van der Waals surface area contributed by atoms with E-state index >= 15 is 0 Å². The number of carbonyl (C=O) groups excluding carboxylic acids is 3. The monoisotopic (exact) mass is 648 g/mol. The van der Waals surface area contributed by atoms with E-state index in [9.17, 15) is 27.7 Å². The molecule has 1 saturated heterocycles. The lowest BCUT2D eigenvalue weighted by Gasteiger charge is -2.35. The third-order valence-corrected chi connectivity index (χ3v) is 13.2. The van der Waals surface area contributed by atoms with Crippen molar-refractivity contribution in [1.82, 2.24) is 4.90 Å². The van der Waals surface area contributed by atoms with Gasteiger partial charge in [0.2, 0.25) is 11.8 Å². The standard InChI is InChI=1S/C32H40F2N2O6P2/c1-21(22-12-14-24(15-13-22)32(33,34)44(41,42-40)43-5)19-25(37)20-26(31(2,3)4)29(38)35-17-8-11-28(35)30(39)36-18-16-23-9-6-7-10-27(23)36/h6-7,9-10,12-15,19,26,28,40,43H,8,11,16-18,20H2,1-5H3/b21-19+/t26-,28+,44?/m1/s1. The Labute approximate surface area is 258 Å². The van der Waals surface area contributed by atoms with E-state index in [1.165, 1.54) is 24.9 Å². The van der Waals surface area contributed by atoms with Crippen LogP contribution in [0.4, 0.5) is 14.5 Å². The molecule has 2 aliphatic heterocycles. The number of halogens is 2. The largest absolute Gasteiger partial charge is 0.352 e. The predicted octanol–water partition coefficient (Wildman–Crippen LogP) is 7.33. The average Bonchev–Trinajstić information content (AvgIpc) is 3.66. The Balaban J connectivity index is 1.49. The number of likely N-dealkylation sites (tertiary alicyclic amines) is 1. The molecule has 2 aromatic carbocycles. The van der Waals surface area contributed by atoms with Crippen LogP contribution in [-0.2, 0) is 35.7 Å². The first kappa shape index (κ1) is 34.1. The van der Waals surface area contributed by atoms with Crippen LogP contribution < -0.4 is 4.90 Å². The summed E-state index contributed by atoms with van der Waals surface area (Å²) in [6.07, 6.45) is 3.36. The van der Waals surface area contributed by atoms with Crippen LogP contribution in [0.25, 0.3) is 5.57 Å². The molecule has 0 aliphatic carbocycles. The summed E-state index contributed by atoms with van der Waals surface area (Å²) < 4.78 is 45.6. The topological polar surface area (TPSA) is 104 Å². The molecule has 8 nitrogen and oxygen atoms in total. The number of rotatable bonds is 10. The van der Waals surface area contributed by atoms with Crippen LogP contribution in [0.1, 0.15) is 63.6 Å². The van der Waals surface area contributed by atoms with Gasteiger partial charge < -0.3 is 9.80 Å². The quantitative estimate of drug-likeness (QED) is 0.125. The molecule has 2 heterocycles. The van der Waals surface area contributed by atoms with Gasteiger partial charge in [0, 0.05) is 30.8 Å². The minimum Gasteiger partial charge on any atom is -0.330 e. The lowest BCUT2D eigenvalue weighted by atomic mass is 9.76. The zero-order valence-electron chi connectivity index (χ0n) is 25.7. The third-order valence-electron chi connectivity index (χ3n) is 8.57. The summed E-state index contributed by atoms with van der Waals surface area (Å²) >= 11 is 0. The maximum atomic E-state index is 14.8. The molecule has 12 heteroatoms. The number of hydrogen-bond donors (Lipinski definition) is 1. The molecule has 2 aromatic rings. The van der Waals surface area contributed by atoms with Crippen molar-refractivity contribution in [2.75, 3.05) is 24.7 Å². The molecular formula is C32H40F2N2O6P2. The van der Waals surface area contributed by atoms with E-state index < -0.39 is 43.9 Å². The average molecular weight is 649 g/mol. The Bertz CT molecular complexity index is 1480. The summed E-state index contributed by atoms with van der Waals surface area (Å²) in [7, 11) is -5.45. The molecule has 2 unspecified atom stereocenters. The highest BCUT2D eigenvalue weighted by Crippen LogP contribution is 2.76. The number of ketones is 1. The molecule has 2 amide bonds. The lowest BCUT2D eigenvalue weighted by Crippen LogP contribution is -2.51. The second-order valence-electron chi connectivity index (χ2n) is 12.4. The molecule has 0 bridgehead atoms. The van der Waals surface area contributed by atoms with E-state index in [-0.39, 0.29) is 24.0 Å². The van der Waals surface area contributed by atoms with E-state index in [1.54, 1.807) is 16.7 Å². The molecular weight excluding hydrogens is 608 g/mol. The van der Waals surface area contributed by atoms with Gasteiger partial charge in [-0.2, -0.15) is 13.5 Å². The second-order valence-corrected chi connectivity index (χ2v) is 17.8. The zero-order valence-corrected chi connectivity index (χ0v) is 27.6. The number of para-hydroxylation sites is 1.